The van der Waals surface area contributed by atoms with Crippen molar-refractivity contribution in [2.45, 2.75) is 37.5 Å². The van der Waals surface area contributed by atoms with Gasteiger partial charge in [-0.1, -0.05) is 0 Å². The lowest BCUT2D eigenvalue weighted by Crippen LogP contribution is -2.18. The number of hydrogen-bond donors (Lipinski definition) is 1. The van der Waals surface area contributed by atoms with Gasteiger partial charge in [0.1, 0.15) is 5.82 Å². The molecule has 1 saturated carbocycles. The summed E-state index contributed by atoms with van der Waals surface area (Å²) in [7, 11) is 0. The molecule has 1 aliphatic heterocycles. The van der Waals surface area contributed by atoms with Crippen molar-refractivity contribution in [2.75, 3.05) is 13.2 Å². The molecule has 1 saturated heterocycles. The van der Waals surface area contributed by atoms with Crippen LogP contribution >= 0.6 is 0 Å². The van der Waals surface area contributed by atoms with E-state index in [1.54, 1.807) is 0 Å². The Morgan fingerprint density at radius 1 is 1.22 bits per heavy atom. The lowest BCUT2D eigenvalue weighted by Gasteiger charge is -2.21. The molecule has 2 fully saturated rings. The molecule has 1 aliphatic carbocycles. The zero-order chi connectivity index (χ0) is 12.5. The van der Waals surface area contributed by atoms with Gasteiger partial charge in [-0.2, -0.15) is 0 Å². The van der Waals surface area contributed by atoms with Gasteiger partial charge in [-0.05, 0) is 25.7 Å². The van der Waals surface area contributed by atoms with Crippen molar-refractivity contribution in [1.82, 2.24) is 9.97 Å². The maximum Gasteiger partial charge on any atom is 0.339 e. The predicted molar refractivity (Wildman–Crippen MR) is 63.8 cm³/mol. The Balaban J connectivity index is 1.91. The summed E-state index contributed by atoms with van der Waals surface area (Å²) in [4.78, 5) is 19.9. The Bertz CT molecular complexity index is 465. The van der Waals surface area contributed by atoms with Gasteiger partial charge in [0, 0.05) is 31.2 Å². The number of hydrogen-bond acceptors (Lipinski definition) is 4. The molecule has 5 heteroatoms. The van der Waals surface area contributed by atoms with Crippen LogP contribution in [0.5, 0.6) is 0 Å². The molecule has 0 spiro atoms. The molecule has 0 amide bonds. The normalized spacial score (nSPS) is 20.9. The van der Waals surface area contributed by atoms with E-state index in [2.05, 4.69) is 9.97 Å². The van der Waals surface area contributed by atoms with Crippen molar-refractivity contribution in [3.8, 4) is 0 Å². The van der Waals surface area contributed by atoms with Crippen molar-refractivity contribution in [1.29, 1.82) is 0 Å². The first-order valence-corrected chi connectivity index (χ1v) is 6.43. The first kappa shape index (κ1) is 11.6. The van der Waals surface area contributed by atoms with Crippen LogP contribution in [0.25, 0.3) is 0 Å². The van der Waals surface area contributed by atoms with E-state index < -0.39 is 5.97 Å². The van der Waals surface area contributed by atoms with Gasteiger partial charge < -0.3 is 9.84 Å². The SMILES string of the molecule is O=C(O)c1cnc(C2CCOCC2)nc1C1CC1. The number of ether oxygens (including phenoxy) is 1. The fraction of sp³-hybridized carbons (Fsp3) is 0.615. The van der Waals surface area contributed by atoms with E-state index in [0.29, 0.717) is 11.8 Å². The van der Waals surface area contributed by atoms with Gasteiger partial charge in [0.05, 0.1) is 11.3 Å². The van der Waals surface area contributed by atoms with Crippen LogP contribution < -0.4 is 0 Å². The number of aromatic carboxylic acids is 1. The second-order valence-corrected chi connectivity index (χ2v) is 4.99. The van der Waals surface area contributed by atoms with Crippen LogP contribution in [0.3, 0.4) is 0 Å². The van der Waals surface area contributed by atoms with Gasteiger partial charge in [0.15, 0.2) is 0 Å². The summed E-state index contributed by atoms with van der Waals surface area (Å²) in [6.45, 7) is 1.49. The monoisotopic (exact) mass is 248 g/mol. The molecule has 0 bridgehead atoms. The predicted octanol–water partition coefficient (Wildman–Crippen LogP) is 1.95. The lowest BCUT2D eigenvalue weighted by atomic mass is 9.99. The van der Waals surface area contributed by atoms with E-state index in [9.17, 15) is 4.79 Å². The van der Waals surface area contributed by atoms with Crippen molar-refractivity contribution in [3.63, 3.8) is 0 Å². The summed E-state index contributed by atoms with van der Waals surface area (Å²) in [5.74, 6) is 0.525. The average molecular weight is 248 g/mol. The highest BCUT2D eigenvalue weighted by Gasteiger charge is 2.31. The fourth-order valence-electron chi connectivity index (χ4n) is 2.39. The van der Waals surface area contributed by atoms with Crippen LogP contribution in [0, 0.1) is 0 Å². The zero-order valence-electron chi connectivity index (χ0n) is 10.1. The molecule has 0 radical (unpaired) electrons. The number of rotatable bonds is 3. The quantitative estimate of drug-likeness (QED) is 0.885. The maximum atomic E-state index is 11.1. The third-order valence-electron chi connectivity index (χ3n) is 3.62. The minimum Gasteiger partial charge on any atom is -0.478 e. The van der Waals surface area contributed by atoms with Gasteiger partial charge in [-0.25, -0.2) is 14.8 Å². The van der Waals surface area contributed by atoms with E-state index in [-0.39, 0.29) is 5.56 Å². The van der Waals surface area contributed by atoms with Gasteiger partial charge in [0.2, 0.25) is 0 Å². The molecule has 1 aromatic rings. The Hall–Kier alpha value is -1.49. The van der Waals surface area contributed by atoms with Crippen molar-refractivity contribution < 1.29 is 14.6 Å². The third kappa shape index (κ3) is 2.22. The van der Waals surface area contributed by atoms with Crippen molar-refractivity contribution in [3.05, 3.63) is 23.3 Å². The second kappa shape index (κ2) is 4.65. The van der Waals surface area contributed by atoms with Crippen LogP contribution in [0.15, 0.2) is 6.20 Å². The molecule has 5 nitrogen and oxygen atoms in total. The third-order valence-corrected chi connectivity index (χ3v) is 3.62. The molecule has 1 N–H and O–H groups in total. The molecule has 2 aliphatic rings. The van der Waals surface area contributed by atoms with Crippen LogP contribution in [0.2, 0.25) is 0 Å². The Kier molecular flexibility index (Phi) is 2.99. The molecule has 2 heterocycles. The molecule has 0 unspecified atom stereocenters. The van der Waals surface area contributed by atoms with Crippen LogP contribution in [-0.2, 0) is 4.74 Å². The molecule has 0 aromatic carbocycles. The molecule has 18 heavy (non-hydrogen) atoms. The Labute approximate surface area is 105 Å². The fourth-order valence-corrected chi connectivity index (χ4v) is 2.39. The zero-order valence-corrected chi connectivity index (χ0v) is 10.1. The van der Waals surface area contributed by atoms with E-state index in [1.165, 1.54) is 6.20 Å². The summed E-state index contributed by atoms with van der Waals surface area (Å²) in [6, 6.07) is 0. The highest BCUT2D eigenvalue weighted by atomic mass is 16.5. The highest BCUT2D eigenvalue weighted by molar-refractivity contribution is 5.88. The van der Waals surface area contributed by atoms with E-state index in [4.69, 9.17) is 9.84 Å². The summed E-state index contributed by atoms with van der Waals surface area (Å²) < 4.78 is 5.32. The molecule has 96 valence electrons. The van der Waals surface area contributed by atoms with Gasteiger partial charge in [-0.3, -0.25) is 0 Å². The van der Waals surface area contributed by atoms with Gasteiger partial charge in [0.25, 0.3) is 0 Å². The topological polar surface area (TPSA) is 72.3 Å². The maximum absolute atomic E-state index is 11.1. The number of carbonyl (C=O) groups is 1. The van der Waals surface area contributed by atoms with Gasteiger partial charge in [-0.15, -0.1) is 0 Å². The van der Waals surface area contributed by atoms with E-state index in [1.807, 2.05) is 0 Å². The Morgan fingerprint density at radius 3 is 2.56 bits per heavy atom. The van der Waals surface area contributed by atoms with E-state index >= 15 is 0 Å². The number of aromatic nitrogens is 2. The van der Waals surface area contributed by atoms with Crippen LogP contribution in [0.4, 0.5) is 0 Å². The Morgan fingerprint density at radius 2 is 1.94 bits per heavy atom. The first-order chi connectivity index (χ1) is 8.75. The molecular weight excluding hydrogens is 232 g/mol. The standard InChI is InChI=1S/C13H16N2O3/c16-13(17)10-7-14-12(9-3-5-18-6-4-9)15-11(10)8-1-2-8/h7-9H,1-6H2,(H,16,17). The van der Waals surface area contributed by atoms with E-state index in [0.717, 1.165) is 50.4 Å². The summed E-state index contributed by atoms with van der Waals surface area (Å²) >= 11 is 0. The molecule has 3 rings (SSSR count). The summed E-state index contributed by atoms with van der Waals surface area (Å²) in [6.07, 6.45) is 5.43. The smallest absolute Gasteiger partial charge is 0.339 e. The first-order valence-electron chi connectivity index (χ1n) is 6.43. The minimum atomic E-state index is -0.921. The van der Waals surface area contributed by atoms with Crippen molar-refractivity contribution in [2.24, 2.45) is 0 Å². The van der Waals surface area contributed by atoms with Gasteiger partial charge >= 0.3 is 5.97 Å². The molecule has 0 atom stereocenters. The number of carboxylic acid groups (broad SMARTS) is 1. The van der Waals surface area contributed by atoms with Crippen LogP contribution in [-0.4, -0.2) is 34.3 Å². The second-order valence-electron chi connectivity index (χ2n) is 4.99. The number of carboxylic acids is 1. The average Bonchev–Trinajstić information content (AvgIpc) is 3.23. The summed E-state index contributed by atoms with van der Waals surface area (Å²) in [5.41, 5.74) is 1.01. The summed E-state index contributed by atoms with van der Waals surface area (Å²) in [5, 5.41) is 9.14. The number of nitrogens with zero attached hydrogens (tertiary/aromatic N) is 2. The minimum absolute atomic E-state index is 0.272. The molecule has 1 aromatic heterocycles. The lowest BCUT2D eigenvalue weighted by molar-refractivity contribution is 0.0693. The highest BCUT2D eigenvalue weighted by Crippen LogP contribution is 2.41. The largest absolute Gasteiger partial charge is 0.478 e. The molecular formula is C13H16N2O3. The van der Waals surface area contributed by atoms with Crippen molar-refractivity contribution >= 4 is 5.97 Å². The van der Waals surface area contributed by atoms with Crippen LogP contribution in [0.1, 0.15) is 59.4 Å².